The molecule has 0 aliphatic heterocycles. The molecule has 6 heteroatoms. The van der Waals surface area contributed by atoms with Gasteiger partial charge in [0.25, 0.3) is 5.69 Å². The van der Waals surface area contributed by atoms with Crippen LogP contribution in [0.25, 0.3) is 10.9 Å². The van der Waals surface area contributed by atoms with Gasteiger partial charge >= 0.3 is 0 Å². The Labute approximate surface area is 119 Å². The van der Waals surface area contributed by atoms with E-state index in [-0.39, 0.29) is 11.4 Å². The number of aromatic nitrogens is 1. The molecule has 0 aliphatic rings. The van der Waals surface area contributed by atoms with Crippen molar-refractivity contribution in [1.82, 2.24) is 4.98 Å². The van der Waals surface area contributed by atoms with Crippen molar-refractivity contribution >= 4 is 22.3 Å². The zero-order chi connectivity index (χ0) is 14.8. The summed E-state index contributed by atoms with van der Waals surface area (Å²) < 4.78 is 5.76. The number of nitrogen functional groups attached to an aromatic ring is 1. The molecule has 0 fully saturated rings. The molecule has 0 bridgehead atoms. The van der Waals surface area contributed by atoms with Crippen molar-refractivity contribution < 1.29 is 9.66 Å². The molecule has 1 heterocycles. The number of ether oxygens (including phenoxy) is 1. The van der Waals surface area contributed by atoms with Crippen molar-refractivity contribution in [1.29, 1.82) is 0 Å². The number of benzene rings is 2. The summed E-state index contributed by atoms with van der Waals surface area (Å²) in [5, 5.41) is 11.6. The molecular weight excluding hydrogens is 270 g/mol. The largest absolute Gasteiger partial charge is 0.457 e. The van der Waals surface area contributed by atoms with Crippen LogP contribution in [0.2, 0.25) is 0 Å². The number of rotatable bonds is 3. The Hall–Kier alpha value is -3.15. The first-order valence-corrected chi connectivity index (χ1v) is 6.20. The molecule has 6 nitrogen and oxygen atoms in total. The third-order valence-electron chi connectivity index (χ3n) is 3.03. The predicted octanol–water partition coefficient (Wildman–Crippen LogP) is 3.52. The van der Waals surface area contributed by atoms with Gasteiger partial charge in [0.05, 0.1) is 10.4 Å². The molecule has 2 aromatic carbocycles. The summed E-state index contributed by atoms with van der Waals surface area (Å²) in [4.78, 5) is 14.5. The van der Waals surface area contributed by atoms with Crippen LogP contribution >= 0.6 is 0 Å². The Morgan fingerprint density at radius 1 is 1.14 bits per heavy atom. The summed E-state index contributed by atoms with van der Waals surface area (Å²) in [6.45, 7) is 0. The molecular formula is C15H11N3O3. The molecule has 0 amide bonds. The summed E-state index contributed by atoms with van der Waals surface area (Å²) >= 11 is 0. The van der Waals surface area contributed by atoms with Crippen molar-refractivity contribution in [2.24, 2.45) is 0 Å². The average Bonchev–Trinajstić information content (AvgIpc) is 2.47. The molecule has 0 spiro atoms. The van der Waals surface area contributed by atoms with Crippen molar-refractivity contribution in [2.75, 3.05) is 5.73 Å². The molecule has 104 valence electrons. The van der Waals surface area contributed by atoms with E-state index >= 15 is 0 Å². The number of fused-ring (bicyclic) bond motifs is 1. The van der Waals surface area contributed by atoms with Gasteiger partial charge in [-0.3, -0.25) is 15.1 Å². The Morgan fingerprint density at radius 2 is 2.00 bits per heavy atom. The van der Waals surface area contributed by atoms with Crippen molar-refractivity contribution in [3.05, 3.63) is 64.8 Å². The number of pyridine rings is 1. The van der Waals surface area contributed by atoms with Crippen LogP contribution in [0.5, 0.6) is 11.5 Å². The minimum atomic E-state index is -0.527. The second kappa shape index (κ2) is 5.09. The Morgan fingerprint density at radius 3 is 2.76 bits per heavy atom. The topological polar surface area (TPSA) is 91.3 Å². The van der Waals surface area contributed by atoms with Gasteiger partial charge in [0, 0.05) is 23.7 Å². The van der Waals surface area contributed by atoms with Gasteiger partial charge < -0.3 is 10.5 Å². The summed E-state index contributed by atoms with van der Waals surface area (Å²) in [5.41, 5.74) is 6.39. The fourth-order valence-corrected chi connectivity index (χ4v) is 2.05. The third kappa shape index (κ3) is 2.46. The fourth-order valence-electron chi connectivity index (χ4n) is 2.05. The van der Waals surface area contributed by atoms with Gasteiger partial charge in [-0.15, -0.1) is 0 Å². The lowest BCUT2D eigenvalue weighted by Crippen LogP contribution is -1.96. The average molecular weight is 281 g/mol. The second-order valence-electron chi connectivity index (χ2n) is 4.41. The first kappa shape index (κ1) is 12.9. The van der Waals surface area contributed by atoms with E-state index in [1.54, 1.807) is 6.20 Å². The van der Waals surface area contributed by atoms with Crippen molar-refractivity contribution in [2.45, 2.75) is 0 Å². The number of nitrogens with zero attached hydrogens (tertiary/aromatic N) is 2. The summed E-state index contributed by atoms with van der Waals surface area (Å²) in [5.74, 6) is 1.06. The maximum atomic E-state index is 10.7. The van der Waals surface area contributed by atoms with Crippen LogP contribution in [-0.4, -0.2) is 9.91 Å². The molecule has 0 saturated heterocycles. The number of hydrogen-bond donors (Lipinski definition) is 1. The quantitative estimate of drug-likeness (QED) is 0.450. The maximum Gasteiger partial charge on any atom is 0.292 e. The number of nitro groups is 1. The third-order valence-corrected chi connectivity index (χ3v) is 3.03. The number of nitro benzene ring substituents is 1. The van der Waals surface area contributed by atoms with Gasteiger partial charge in [0.15, 0.2) is 0 Å². The second-order valence-corrected chi connectivity index (χ2v) is 4.41. The molecule has 3 aromatic rings. The molecule has 0 aliphatic carbocycles. The van der Waals surface area contributed by atoms with E-state index < -0.39 is 4.92 Å². The molecule has 0 unspecified atom stereocenters. The standard InChI is InChI=1S/C15H11N3O3/c16-12-9-10(6-7-14(12)18(19)20)21-15-5-1-4-13-11(15)3-2-8-17-13/h1-9H,16H2. The summed E-state index contributed by atoms with van der Waals surface area (Å²) in [7, 11) is 0. The molecule has 2 N–H and O–H groups in total. The zero-order valence-corrected chi connectivity index (χ0v) is 10.9. The van der Waals surface area contributed by atoms with Crippen molar-refractivity contribution in [3.8, 4) is 11.5 Å². The highest BCUT2D eigenvalue weighted by atomic mass is 16.6. The normalized spacial score (nSPS) is 10.5. The number of anilines is 1. The van der Waals surface area contributed by atoms with Crippen LogP contribution < -0.4 is 10.5 Å². The predicted molar refractivity (Wildman–Crippen MR) is 79.3 cm³/mol. The zero-order valence-electron chi connectivity index (χ0n) is 10.9. The maximum absolute atomic E-state index is 10.7. The lowest BCUT2D eigenvalue weighted by Gasteiger charge is -2.09. The van der Waals surface area contributed by atoms with Crippen molar-refractivity contribution in [3.63, 3.8) is 0 Å². The van der Waals surface area contributed by atoms with E-state index in [0.29, 0.717) is 11.5 Å². The van der Waals surface area contributed by atoms with Gasteiger partial charge in [-0.05, 0) is 30.3 Å². The van der Waals surface area contributed by atoms with Gasteiger partial charge in [-0.25, -0.2) is 0 Å². The van der Waals surface area contributed by atoms with Gasteiger partial charge in [0.2, 0.25) is 0 Å². The van der Waals surface area contributed by atoms with Crippen LogP contribution in [0.3, 0.4) is 0 Å². The van der Waals surface area contributed by atoms with E-state index in [1.165, 1.54) is 18.2 Å². The number of nitrogens with two attached hydrogens (primary N) is 1. The van der Waals surface area contributed by atoms with Crippen LogP contribution in [-0.2, 0) is 0 Å². The molecule has 21 heavy (non-hydrogen) atoms. The number of hydrogen-bond acceptors (Lipinski definition) is 5. The molecule has 3 rings (SSSR count). The summed E-state index contributed by atoms with van der Waals surface area (Å²) in [6, 6.07) is 13.5. The molecule has 1 aromatic heterocycles. The van der Waals surface area contributed by atoms with E-state index in [2.05, 4.69) is 4.98 Å². The minimum absolute atomic E-state index is 0.0656. The van der Waals surface area contributed by atoms with E-state index in [1.807, 2.05) is 30.3 Å². The van der Waals surface area contributed by atoms with E-state index in [0.717, 1.165) is 10.9 Å². The van der Waals surface area contributed by atoms with Crippen LogP contribution in [0.1, 0.15) is 0 Å². The van der Waals surface area contributed by atoms with E-state index in [9.17, 15) is 10.1 Å². The van der Waals surface area contributed by atoms with Crippen LogP contribution in [0.15, 0.2) is 54.7 Å². The van der Waals surface area contributed by atoms with Gasteiger partial charge in [-0.1, -0.05) is 6.07 Å². The smallest absolute Gasteiger partial charge is 0.292 e. The van der Waals surface area contributed by atoms with Crippen LogP contribution in [0, 0.1) is 10.1 Å². The summed E-state index contributed by atoms with van der Waals surface area (Å²) in [6.07, 6.45) is 1.70. The lowest BCUT2D eigenvalue weighted by atomic mass is 10.2. The van der Waals surface area contributed by atoms with Crippen LogP contribution in [0.4, 0.5) is 11.4 Å². The molecule has 0 radical (unpaired) electrons. The highest BCUT2D eigenvalue weighted by Gasteiger charge is 2.12. The highest BCUT2D eigenvalue weighted by molar-refractivity contribution is 5.85. The Bertz CT molecular complexity index is 828. The first-order chi connectivity index (χ1) is 10.1. The first-order valence-electron chi connectivity index (χ1n) is 6.20. The van der Waals surface area contributed by atoms with E-state index in [4.69, 9.17) is 10.5 Å². The highest BCUT2D eigenvalue weighted by Crippen LogP contribution is 2.32. The Kier molecular flexibility index (Phi) is 3.12. The Balaban J connectivity index is 1.99. The fraction of sp³-hybridized carbons (Fsp3) is 0. The lowest BCUT2D eigenvalue weighted by molar-refractivity contribution is -0.383. The monoisotopic (exact) mass is 281 g/mol. The molecule has 0 atom stereocenters. The SMILES string of the molecule is Nc1cc(Oc2cccc3ncccc23)ccc1[N+](=O)[O-]. The minimum Gasteiger partial charge on any atom is -0.457 e. The molecule has 0 saturated carbocycles. The van der Waals surface area contributed by atoms with Gasteiger partial charge in [-0.2, -0.15) is 0 Å². The van der Waals surface area contributed by atoms with Gasteiger partial charge in [0.1, 0.15) is 17.2 Å².